The van der Waals surface area contributed by atoms with Crippen molar-refractivity contribution in [3.63, 3.8) is 0 Å². The Hall–Kier alpha value is -2.17. The first-order valence-corrected chi connectivity index (χ1v) is 5.41. The largest absolute Gasteiger partial charge is 0.481 e. The highest BCUT2D eigenvalue weighted by atomic mass is 16.4. The predicted molar refractivity (Wildman–Crippen MR) is 64.8 cm³/mol. The molecule has 0 spiro atoms. The molecule has 0 unspecified atom stereocenters. The minimum absolute atomic E-state index is 0.0277. The number of carboxylic acid groups (broad SMARTS) is 1. The highest BCUT2D eigenvalue weighted by molar-refractivity contribution is 6.46. The Labute approximate surface area is 105 Å². The SMILES string of the molecule is [B]C1=C(CCC(=O)O)C(=O)c2ccccc2C1=O. The van der Waals surface area contributed by atoms with Crippen LogP contribution in [-0.4, -0.2) is 30.5 Å². The van der Waals surface area contributed by atoms with E-state index in [9.17, 15) is 14.4 Å². The van der Waals surface area contributed by atoms with Crippen LogP contribution >= 0.6 is 0 Å². The van der Waals surface area contributed by atoms with Crippen LogP contribution in [0.15, 0.2) is 35.3 Å². The summed E-state index contributed by atoms with van der Waals surface area (Å²) in [6, 6.07) is 6.39. The van der Waals surface area contributed by atoms with E-state index in [1.165, 1.54) is 6.07 Å². The molecule has 0 aliphatic heterocycles. The number of fused-ring (bicyclic) bond motifs is 1. The average Bonchev–Trinajstić information content (AvgIpc) is 2.36. The third-order valence-corrected chi connectivity index (χ3v) is 2.85. The van der Waals surface area contributed by atoms with Crippen LogP contribution in [-0.2, 0) is 4.79 Å². The van der Waals surface area contributed by atoms with Crippen molar-refractivity contribution in [1.82, 2.24) is 0 Å². The zero-order valence-corrected chi connectivity index (χ0v) is 9.47. The van der Waals surface area contributed by atoms with Gasteiger partial charge < -0.3 is 5.11 Å². The maximum Gasteiger partial charge on any atom is 0.303 e. The summed E-state index contributed by atoms with van der Waals surface area (Å²) < 4.78 is 0. The summed E-state index contributed by atoms with van der Waals surface area (Å²) >= 11 is 0. The zero-order chi connectivity index (χ0) is 13.3. The van der Waals surface area contributed by atoms with Gasteiger partial charge in [0.15, 0.2) is 11.6 Å². The standard InChI is InChI=1S/C13H9BO4/c14-11-9(5-6-10(15)16)12(17)7-3-1-2-4-8(7)13(11)18/h1-4H,5-6H2,(H,15,16). The Balaban J connectivity index is 2.43. The van der Waals surface area contributed by atoms with Gasteiger partial charge in [-0.05, 0) is 17.5 Å². The Kier molecular flexibility index (Phi) is 3.14. The van der Waals surface area contributed by atoms with E-state index in [4.69, 9.17) is 13.0 Å². The van der Waals surface area contributed by atoms with Crippen molar-refractivity contribution in [1.29, 1.82) is 0 Å². The van der Waals surface area contributed by atoms with Gasteiger partial charge in [0.25, 0.3) is 0 Å². The maximum atomic E-state index is 12.1. The quantitative estimate of drug-likeness (QED) is 0.809. The van der Waals surface area contributed by atoms with Gasteiger partial charge in [-0.25, -0.2) is 0 Å². The number of Topliss-reactive ketones (excluding diaryl/α,β-unsaturated/α-hetero) is 2. The third kappa shape index (κ3) is 1.99. The number of hydrogen-bond donors (Lipinski definition) is 1. The summed E-state index contributed by atoms with van der Waals surface area (Å²) in [5, 5.41) is 8.62. The first-order valence-electron chi connectivity index (χ1n) is 5.41. The van der Waals surface area contributed by atoms with Gasteiger partial charge in [0.2, 0.25) is 0 Å². The molecular weight excluding hydrogens is 231 g/mol. The fourth-order valence-electron chi connectivity index (χ4n) is 1.93. The molecule has 0 bridgehead atoms. The number of ketones is 2. The number of carbonyl (C=O) groups excluding carboxylic acids is 2. The topological polar surface area (TPSA) is 71.4 Å². The van der Waals surface area contributed by atoms with Crippen LogP contribution in [0.3, 0.4) is 0 Å². The van der Waals surface area contributed by atoms with Crippen LogP contribution in [0.25, 0.3) is 0 Å². The van der Waals surface area contributed by atoms with Crippen LogP contribution in [0.5, 0.6) is 0 Å². The molecule has 0 atom stereocenters. The van der Waals surface area contributed by atoms with Crippen LogP contribution in [0.1, 0.15) is 33.6 Å². The summed E-state index contributed by atoms with van der Waals surface area (Å²) in [5.74, 6) is -1.80. The predicted octanol–water partition coefficient (Wildman–Crippen LogP) is 1.35. The molecule has 4 nitrogen and oxygen atoms in total. The normalized spacial score (nSPS) is 14.7. The second kappa shape index (κ2) is 4.60. The van der Waals surface area contributed by atoms with Crippen molar-refractivity contribution < 1.29 is 19.5 Å². The Morgan fingerprint density at radius 3 is 2.22 bits per heavy atom. The summed E-state index contributed by atoms with van der Waals surface area (Å²) in [4.78, 5) is 34.6. The van der Waals surface area contributed by atoms with E-state index in [-0.39, 0.29) is 40.8 Å². The van der Waals surface area contributed by atoms with E-state index in [1.807, 2.05) is 0 Å². The van der Waals surface area contributed by atoms with Crippen molar-refractivity contribution in [3.05, 3.63) is 46.4 Å². The molecule has 1 N–H and O–H groups in total. The number of carboxylic acids is 1. The van der Waals surface area contributed by atoms with E-state index < -0.39 is 11.8 Å². The van der Waals surface area contributed by atoms with Gasteiger partial charge in [0.1, 0.15) is 7.85 Å². The van der Waals surface area contributed by atoms with Crippen molar-refractivity contribution in [2.45, 2.75) is 12.8 Å². The third-order valence-electron chi connectivity index (χ3n) is 2.85. The van der Waals surface area contributed by atoms with E-state index in [2.05, 4.69) is 0 Å². The fraction of sp³-hybridized carbons (Fsp3) is 0.154. The van der Waals surface area contributed by atoms with Crippen LogP contribution in [0, 0.1) is 0 Å². The average molecular weight is 240 g/mol. The van der Waals surface area contributed by atoms with Gasteiger partial charge in [-0.1, -0.05) is 24.3 Å². The lowest BCUT2D eigenvalue weighted by atomic mass is 9.74. The summed E-state index contributed by atoms with van der Waals surface area (Å²) in [7, 11) is 5.63. The lowest BCUT2D eigenvalue weighted by Gasteiger charge is -2.18. The summed E-state index contributed by atoms with van der Waals surface area (Å²) in [6.45, 7) is 0. The van der Waals surface area contributed by atoms with Crippen molar-refractivity contribution in [2.75, 3.05) is 0 Å². The van der Waals surface area contributed by atoms with E-state index in [0.29, 0.717) is 0 Å². The highest BCUT2D eigenvalue weighted by Crippen LogP contribution is 2.27. The second-order valence-corrected chi connectivity index (χ2v) is 3.99. The van der Waals surface area contributed by atoms with Crippen LogP contribution in [0.2, 0.25) is 0 Å². The molecule has 0 heterocycles. The van der Waals surface area contributed by atoms with Crippen molar-refractivity contribution in [2.24, 2.45) is 0 Å². The van der Waals surface area contributed by atoms with E-state index >= 15 is 0 Å². The van der Waals surface area contributed by atoms with E-state index in [0.717, 1.165) is 0 Å². The highest BCUT2D eigenvalue weighted by Gasteiger charge is 2.28. The number of benzene rings is 1. The molecule has 0 aromatic heterocycles. The molecule has 0 amide bonds. The number of carbonyl (C=O) groups is 3. The molecule has 0 saturated carbocycles. The second-order valence-electron chi connectivity index (χ2n) is 3.99. The monoisotopic (exact) mass is 240 g/mol. The lowest BCUT2D eigenvalue weighted by Crippen LogP contribution is -2.22. The number of rotatable bonds is 3. The van der Waals surface area contributed by atoms with Crippen molar-refractivity contribution >= 4 is 25.4 Å². The lowest BCUT2D eigenvalue weighted by molar-refractivity contribution is -0.136. The minimum atomic E-state index is -1.03. The number of aliphatic carboxylic acids is 1. The molecule has 1 aromatic carbocycles. The Bertz CT molecular complexity index is 586. The molecule has 88 valence electrons. The Morgan fingerprint density at radius 1 is 1.11 bits per heavy atom. The first-order chi connectivity index (χ1) is 8.52. The summed E-state index contributed by atoms with van der Waals surface area (Å²) in [5.41, 5.74) is 0.525. The minimum Gasteiger partial charge on any atom is -0.481 e. The zero-order valence-electron chi connectivity index (χ0n) is 9.47. The maximum absolute atomic E-state index is 12.1. The number of hydrogen-bond acceptors (Lipinski definition) is 3. The molecule has 0 fully saturated rings. The Morgan fingerprint density at radius 2 is 1.67 bits per heavy atom. The van der Waals surface area contributed by atoms with Crippen LogP contribution < -0.4 is 0 Å². The van der Waals surface area contributed by atoms with E-state index in [1.54, 1.807) is 18.2 Å². The molecule has 5 heteroatoms. The van der Waals surface area contributed by atoms with Gasteiger partial charge >= 0.3 is 5.97 Å². The van der Waals surface area contributed by atoms with Gasteiger partial charge in [-0.3, -0.25) is 14.4 Å². The molecule has 1 aliphatic rings. The smallest absolute Gasteiger partial charge is 0.303 e. The van der Waals surface area contributed by atoms with Crippen LogP contribution in [0.4, 0.5) is 0 Å². The molecule has 2 rings (SSSR count). The first kappa shape index (κ1) is 12.3. The molecule has 18 heavy (non-hydrogen) atoms. The number of allylic oxidation sites excluding steroid dienone is 2. The summed E-state index contributed by atoms with van der Waals surface area (Å²) in [6.07, 6.45) is -0.253. The molecule has 1 aromatic rings. The molecule has 1 aliphatic carbocycles. The molecular formula is C13H9BO4. The van der Waals surface area contributed by atoms with Crippen molar-refractivity contribution in [3.8, 4) is 0 Å². The van der Waals surface area contributed by atoms with Gasteiger partial charge in [0.05, 0.1) is 0 Å². The van der Waals surface area contributed by atoms with Gasteiger partial charge in [-0.15, -0.1) is 0 Å². The fourth-order valence-corrected chi connectivity index (χ4v) is 1.93. The van der Waals surface area contributed by atoms with Gasteiger partial charge in [-0.2, -0.15) is 0 Å². The molecule has 2 radical (unpaired) electrons. The molecule has 0 saturated heterocycles. The van der Waals surface area contributed by atoms with Gasteiger partial charge in [0, 0.05) is 17.5 Å².